The van der Waals surface area contributed by atoms with E-state index in [1.807, 2.05) is 0 Å². The molecule has 3 N–H and O–H groups in total. The number of halogens is 2. The summed E-state index contributed by atoms with van der Waals surface area (Å²) in [5.74, 6) is 0.133. The number of nitrogen functional groups attached to an aromatic ring is 1. The van der Waals surface area contributed by atoms with Crippen LogP contribution in [0.4, 0.5) is 21.8 Å². The Bertz CT molecular complexity index is 768. The fourth-order valence-corrected chi connectivity index (χ4v) is 1.99. The Hall–Kier alpha value is -2.67. The van der Waals surface area contributed by atoms with Gasteiger partial charge in [0.15, 0.2) is 0 Å². The summed E-state index contributed by atoms with van der Waals surface area (Å²) in [6.07, 6.45) is 3.17. The van der Waals surface area contributed by atoms with Crippen molar-refractivity contribution in [3.8, 4) is 5.69 Å². The van der Waals surface area contributed by atoms with Crippen molar-refractivity contribution in [2.45, 2.75) is 0 Å². The summed E-state index contributed by atoms with van der Waals surface area (Å²) in [6.45, 7) is 0. The predicted octanol–water partition coefficient (Wildman–Crippen LogP) is 2.78. The summed E-state index contributed by atoms with van der Waals surface area (Å²) in [7, 11) is 0. The number of hydrogen-bond donors (Lipinski definition) is 2. The minimum Gasteiger partial charge on any atom is -0.368 e. The van der Waals surface area contributed by atoms with Gasteiger partial charge in [-0.1, -0.05) is 23.7 Å². The van der Waals surface area contributed by atoms with Gasteiger partial charge in [-0.15, -0.1) is 0 Å². The molecular formula is C13H10ClFN6. The number of hydrogen-bond acceptors (Lipinski definition) is 5. The number of nitrogens with zero attached hydrogens (tertiary/aromatic N) is 4. The maximum atomic E-state index is 13.7. The van der Waals surface area contributed by atoms with Gasteiger partial charge in [-0.05, 0) is 12.1 Å². The zero-order chi connectivity index (χ0) is 14.8. The van der Waals surface area contributed by atoms with Crippen molar-refractivity contribution in [1.82, 2.24) is 19.7 Å². The molecule has 0 spiro atoms. The zero-order valence-corrected chi connectivity index (χ0v) is 11.4. The summed E-state index contributed by atoms with van der Waals surface area (Å²) in [4.78, 5) is 7.75. The molecule has 3 aromatic rings. The second kappa shape index (κ2) is 5.37. The summed E-state index contributed by atoms with van der Waals surface area (Å²) < 4.78 is 15.1. The fraction of sp³-hybridized carbons (Fsp3) is 0. The van der Waals surface area contributed by atoms with Crippen LogP contribution in [0.5, 0.6) is 0 Å². The number of para-hydroxylation sites is 1. The van der Waals surface area contributed by atoms with E-state index in [-0.39, 0.29) is 16.9 Å². The number of anilines is 3. The lowest BCUT2D eigenvalue weighted by atomic mass is 10.3. The molecule has 2 heterocycles. The first-order chi connectivity index (χ1) is 10.1. The first kappa shape index (κ1) is 13.3. The Morgan fingerprint density at radius 1 is 1.24 bits per heavy atom. The van der Waals surface area contributed by atoms with E-state index >= 15 is 0 Å². The average molecular weight is 305 g/mol. The average Bonchev–Trinajstić information content (AvgIpc) is 2.86. The van der Waals surface area contributed by atoms with Crippen LogP contribution in [-0.2, 0) is 0 Å². The van der Waals surface area contributed by atoms with Crippen LogP contribution in [0.2, 0.25) is 5.15 Å². The highest BCUT2D eigenvalue weighted by Crippen LogP contribution is 2.19. The minimum absolute atomic E-state index is 0.0616. The smallest absolute Gasteiger partial charge is 0.223 e. The molecule has 0 fully saturated rings. The molecule has 0 saturated carbocycles. The molecule has 2 aromatic heterocycles. The molecule has 0 aliphatic heterocycles. The van der Waals surface area contributed by atoms with Crippen LogP contribution in [-0.4, -0.2) is 19.7 Å². The van der Waals surface area contributed by atoms with Crippen LogP contribution in [0.25, 0.3) is 5.69 Å². The first-order valence-electron chi connectivity index (χ1n) is 5.98. The van der Waals surface area contributed by atoms with E-state index in [4.69, 9.17) is 17.3 Å². The van der Waals surface area contributed by atoms with Crippen LogP contribution in [0.3, 0.4) is 0 Å². The SMILES string of the molecule is Nc1nc(Cl)cc(Nc2cnn(-c3ccccc3F)c2)n1. The third-order valence-electron chi connectivity index (χ3n) is 2.67. The molecule has 106 valence electrons. The normalized spacial score (nSPS) is 10.6. The van der Waals surface area contributed by atoms with Gasteiger partial charge >= 0.3 is 0 Å². The number of rotatable bonds is 3. The molecule has 8 heteroatoms. The molecule has 6 nitrogen and oxygen atoms in total. The molecule has 0 bridgehead atoms. The highest BCUT2D eigenvalue weighted by atomic mass is 35.5. The lowest BCUT2D eigenvalue weighted by molar-refractivity contribution is 0.611. The van der Waals surface area contributed by atoms with E-state index in [9.17, 15) is 4.39 Å². The van der Waals surface area contributed by atoms with Gasteiger partial charge in [-0.3, -0.25) is 0 Å². The monoisotopic (exact) mass is 304 g/mol. The van der Waals surface area contributed by atoms with E-state index < -0.39 is 0 Å². The summed E-state index contributed by atoms with van der Waals surface area (Å²) in [6, 6.07) is 7.88. The van der Waals surface area contributed by atoms with Gasteiger partial charge in [0.1, 0.15) is 22.5 Å². The van der Waals surface area contributed by atoms with Gasteiger partial charge in [0.25, 0.3) is 0 Å². The van der Waals surface area contributed by atoms with E-state index in [2.05, 4.69) is 20.4 Å². The van der Waals surface area contributed by atoms with Gasteiger partial charge in [0.05, 0.1) is 18.1 Å². The lowest BCUT2D eigenvalue weighted by Gasteiger charge is -2.04. The van der Waals surface area contributed by atoms with Crippen LogP contribution in [0.1, 0.15) is 0 Å². The molecule has 0 radical (unpaired) electrons. The Morgan fingerprint density at radius 3 is 2.81 bits per heavy atom. The third kappa shape index (κ3) is 2.92. The second-order valence-corrected chi connectivity index (χ2v) is 4.57. The number of nitrogens with one attached hydrogen (secondary N) is 1. The van der Waals surface area contributed by atoms with E-state index in [0.717, 1.165) is 0 Å². The largest absolute Gasteiger partial charge is 0.368 e. The van der Waals surface area contributed by atoms with E-state index in [0.29, 0.717) is 17.2 Å². The Morgan fingerprint density at radius 2 is 2.05 bits per heavy atom. The van der Waals surface area contributed by atoms with Gasteiger partial charge in [-0.2, -0.15) is 10.1 Å². The molecule has 0 saturated heterocycles. The van der Waals surface area contributed by atoms with Gasteiger partial charge < -0.3 is 11.1 Å². The van der Waals surface area contributed by atoms with Crippen molar-refractivity contribution in [3.05, 3.63) is 53.7 Å². The molecule has 21 heavy (non-hydrogen) atoms. The van der Waals surface area contributed by atoms with Crippen molar-refractivity contribution in [1.29, 1.82) is 0 Å². The van der Waals surface area contributed by atoms with Crippen LogP contribution >= 0.6 is 11.6 Å². The molecule has 3 rings (SSSR count). The lowest BCUT2D eigenvalue weighted by Crippen LogP contribution is -2.00. The van der Waals surface area contributed by atoms with Crippen molar-refractivity contribution >= 4 is 29.1 Å². The van der Waals surface area contributed by atoms with Crippen LogP contribution < -0.4 is 11.1 Å². The molecule has 0 amide bonds. The van der Waals surface area contributed by atoms with E-state index in [1.165, 1.54) is 16.8 Å². The van der Waals surface area contributed by atoms with E-state index in [1.54, 1.807) is 30.6 Å². The van der Waals surface area contributed by atoms with Crippen molar-refractivity contribution in [2.24, 2.45) is 0 Å². The predicted molar refractivity (Wildman–Crippen MR) is 78.3 cm³/mol. The third-order valence-corrected chi connectivity index (χ3v) is 2.86. The standard InChI is InChI=1S/C13H10ClFN6/c14-11-5-12(20-13(16)19-11)18-8-6-17-21(7-8)10-4-2-1-3-9(10)15/h1-7H,(H3,16,18,19,20). The van der Waals surface area contributed by atoms with Gasteiger partial charge in [0, 0.05) is 6.07 Å². The number of nitrogens with two attached hydrogens (primary N) is 1. The molecule has 1 aromatic carbocycles. The topological polar surface area (TPSA) is 81.6 Å². The highest BCUT2D eigenvalue weighted by molar-refractivity contribution is 6.29. The highest BCUT2D eigenvalue weighted by Gasteiger charge is 2.07. The van der Waals surface area contributed by atoms with Crippen molar-refractivity contribution in [2.75, 3.05) is 11.1 Å². The molecule has 0 aliphatic carbocycles. The van der Waals surface area contributed by atoms with Gasteiger partial charge in [0.2, 0.25) is 5.95 Å². The Balaban J connectivity index is 1.87. The minimum atomic E-state index is -0.360. The zero-order valence-electron chi connectivity index (χ0n) is 10.7. The second-order valence-electron chi connectivity index (χ2n) is 4.18. The number of aromatic nitrogens is 4. The summed E-state index contributed by atoms with van der Waals surface area (Å²) in [5.41, 5.74) is 6.48. The van der Waals surface area contributed by atoms with Crippen LogP contribution in [0.15, 0.2) is 42.7 Å². The molecule has 0 aliphatic rings. The molecule has 0 unspecified atom stereocenters. The summed E-state index contributed by atoms with van der Waals surface area (Å²) >= 11 is 5.80. The maximum Gasteiger partial charge on any atom is 0.223 e. The fourth-order valence-electron chi connectivity index (χ4n) is 1.80. The Labute approximate surface area is 124 Å². The quantitative estimate of drug-likeness (QED) is 0.727. The van der Waals surface area contributed by atoms with Crippen LogP contribution in [0, 0.1) is 5.82 Å². The van der Waals surface area contributed by atoms with Crippen molar-refractivity contribution in [3.63, 3.8) is 0 Å². The molecule has 0 atom stereocenters. The maximum absolute atomic E-state index is 13.7. The number of benzene rings is 1. The van der Waals surface area contributed by atoms with Crippen molar-refractivity contribution < 1.29 is 4.39 Å². The summed E-state index contributed by atoms with van der Waals surface area (Å²) in [5, 5.41) is 7.30. The van der Waals surface area contributed by atoms with Gasteiger partial charge in [-0.25, -0.2) is 14.1 Å². The molecular weight excluding hydrogens is 295 g/mol. The first-order valence-corrected chi connectivity index (χ1v) is 6.36. The Kier molecular flexibility index (Phi) is 3.41.